The topological polar surface area (TPSA) is 121 Å². The van der Waals surface area contributed by atoms with Crippen molar-refractivity contribution in [1.82, 2.24) is 25.2 Å². The van der Waals surface area contributed by atoms with Crippen molar-refractivity contribution in [3.8, 4) is 11.3 Å². The van der Waals surface area contributed by atoms with Crippen LogP contribution in [-0.2, 0) is 16.8 Å². The van der Waals surface area contributed by atoms with E-state index in [2.05, 4.69) is 65.9 Å². The summed E-state index contributed by atoms with van der Waals surface area (Å²) in [5, 5.41) is 13.4. The van der Waals surface area contributed by atoms with Crippen LogP contribution in [0.3, 0.4) is 0 Å². The average molecular weight is 605 g/mol. The Kier molecular flexibility index (Phi) is 10.3. The molecule has 0 unspecified atom stereocenters. The van der Waals surface area contributed by atoms with E-state index in [0.717, 1.165) is 51.6 Å². The van der Waals surface area contributed by atoms with Crippen LogP contribution in [0.4, 0.5) is 5.82 Å². The number of benzene rings is 1. The first kappa shape index (κ1) is 32.3. The molecule has 4 rings (SSSR count). The van der Waals surface area contributed by atoms with Crippen LogP contribution in [0.25, 0.3) is 11.3 Å². The molecule has 0 spiro atoms. The number of hydrogen-bond donors (Lipinski definition) is 2. The van der Waals surface area contributed by atoms with E-state index in [1.54, 1.807) is 12.5 Å². The quantitative estimate of drug-likeness (QED) is 0.206. The third-order valence-corrected chi connectivity index (χ3v) is 9.58. The number of thiazole rings is 1. The molecule has 1 atom stereocenters. The van der Waals surface area contributed by atoms with Crippen molar-refractivity contribution >= 4 is 34.9 Å². The number of amides is 1. The fraction of sp³-hybridized carbons (Fsp3) is 0.515. The standard InChI is InChI=1S/C33H44N6O3S/c1-8-20(2)15-27(39-13-11-23(12-14-39)31(41)42)38-29-22(4)28(36-19-37-29)24-9-10-25(21(3)16-24)17-34-30(40)26-18-35-32(43-26)33(5,6)7/h9-10,16,18-20,23H,8,11-15,17H2,1-7H3,(H,34,40)(H,41,42)/b38-27+/t20-/m0/s1. The monoisotopic (exact) mass is 604 g/mol. The number of likely N-dealkylation sites (tertiary alicyclic amines) is 1. The minimum absolute atomic E-state index is 0.0887. The van der Waals surface area contributed by atoms with Crippen LogP contribution in [0, 0.1) is 25.7 Å². The lowest BCUT2D eigenvalue weighted by atomic mass is 9.95. The molecule has 3 heterocycles. The predicted molar refractivity (Wildman–Crippen MR) is 172 cm³/mol. The van der Waals surface area contributed by atoms with E-state index >= 15 is 0 Å². The first-order valence-corrected chi connectivity index (χ1v) is 15.9. The largest absolute Gasteiger partial charge is 0.481 e. The summed E-state index contributed by atoms with van der Waals surface area (Å²) in [6.07, 6.45) is 6.30. The first-order chi connectivity index (χ1) is 20.4. The Morgan fingerprint density at radius 1 is 1.16 bits per heavy atom. The Balaban J connectivity index is 1.52. The number of aryl methyl sites for hydroxylation is 1. The number of amidine groups is 1. The summed E-state index contributed by atoms with van der Waals surface area (Å²) >= 11 is 1.43. The molecule has 1 aliphatic rings. The molecular weight excluding hydrogens is 560 g/mol. The molecule has 2 aromatic heterocycles. The summed E-state index contributed by atoms with van der Waals surface area (Å²) < 4.78 is 0. The summed E-state index contributed by atoms with van der Waals surface area (Å²) in [4.78, 5) is 45.7. The van der Waals surface area contributed by atoms with Gasteiger partial charge in [-0.25, -0.2) is 19.9 Å². The van der Waals surface area contributed by atoms with Crippen LogP contribution < -0.4 is 5.32 Å². The highest BCUT2D eigenvalue weighted by Gasteiger charge is 2.27. The third-order valence-electron chi connectivity index (χ3n) is 8.16. The Hall–Kier alpha value is -3.66. The van der Waals surface area contributed by atoms with Gasteiger partial charge in [0.05, 0.1) is 22.8 Å². The number of nitrogens with zero attached hydrogens (tertiary/aromatic N) is 5. The molecule has 2 N–H and O–H groups in total. The van der Waals surface area contributed by atoms with Crippen LogP contribution in [0.2, 0.25) is 0 Å². The average Bonchev–Trinajstić information content (AvgIpc) is 3.48. The number of aromatic nitrogens is 3. The van der Waals surface area contributed by atoms with Crippen molar-refractivity contribution < 1.29 is 14.7 Å². The SMILES string of the molecule is CC[C@H](C)C/C(=N\c1ncnc(-c2ccc(CNC(=O)c3cnc(C(C)(C)C)s3)c(C)c2)c1C)N1CCC(C(=O)O)CC1. The second-order valence-corrected chi connectivity index (χ2v) is 13.7. The predicted octanol–water partition coefficient (Wildman–Crippen LogP) is 6.71. The lowest BCUT2D eigenvalue weighted by Crippen LogP contribution is -2.40. The summed E-state index contributed by atoms with van der Waals surface area (Å²) in [6, 6.07) is 6.15. The maximum absolute atomic E-state index is 12.8. The van der Waals surface area contributed by atoms with Gasteiger partial charge >= 0.3 is 5.97 Å². The molecule has 9 nitrogen and oxygen atoms in total. The summed E-state index contributed by atoms with van der Waals surface area (Å²) in [5.74, 6) is 0.924. The number of rotatable bonds is 9. The zero-order valence-electron chi connectivity index (χ0n) is 26.4. The molecule has 0 saturated carbocycles. The van der Waals surface area contributed by atoms with Gasteiger partial charge in [0.2, 0.25) is 0 Å². The second-order valence-electron chi connectivity index (χ2n) is 12.6. The fourth-order valence-corrected chi connectivity index (χ4v) is 5.97. The number of carboxylic acids is 1. The van der Waals surface area contributed by atoms with Gasteiger partial charge in [-0.3, -0.25) is 9.59 Å². The molecule has 43 heavy (non-hydrogen) atoms. The van der Waals surface area contributed by atoms with Crippen LogP contribution in [-0.4, -0.2) is 55.8 Å². The Morgan fingerprint density at radius 2 is 1.88 bits per heavy atom. The van der Waals surface area contributed by atoms with Gasteiger partial charge in [-0.05, 0) is 49.8 Å². The van der Waals surface area contributed by atoms with Crippen molar-refractivity contribution in [2.75, 3.05) is 13.1 Å². The summed E-state index contributed by atoms with van der Waals surface area (Å²) in [7, 11) is 0. The molecule has 1 saturated heterocycles. The van der Waals surface area contributed by atoms with E-state index in [1.165, 1.54) is 11.3 Å². The molecule has 0 aliphatic carbocycles. The number of carbonyl (C=O) groups is 2. The Labute approximate surface area is 258 Å². The van der Waals surface area contributed by atoms with Crippen LogP contribution >= 0.6 is 11.3 Å². The smallest absolute Gasteiger partial charge is 0.306 e. The minimum Gasteiger partial charge on any atom is -0.481 e. The maximum atomic E-state index is 12.8. The highest BCUT2D eigenvalue weighted by Crippen LogP contribution is 2.30. The third kappa shape index (κ3) is 8.04. The van der Waals surface area contributed by atoms with Crippen molar-refractivity contribution in [3.63, 3.8) is 0 Å². The molecular formula is C33H44N6O3S. The number of aliphatic carboxylic acids is 1. The highest BCUT2D eigenvalue weighted by atomic mass is 32.1. The lowest BCUT2D eigenvalue weighted by molar-refractivity contribution is -0.143. The van der Waals surface area contributed by atoms with Crippen LogP contribution in [0.5, 0.6) is 0 Å². The molecule has 1 aromatic carbocycles. The van der Waals surface area contributed by atoms with Gasteiger partial charge in [-0.1, -0.05) is 53.2 Å². The number of nitrogens with one attached hydrogen (secondary N) is 1. The zero-order valence-corrected chi connectivity index (χ0v) is 27.2. The molecule has 3 aromatic rings. The number of hydrogen-bond acceptors (Lipinski definition) is 7. The molecule has 0 bridgehead atoms. The first-order valence-electron chi connectivity index (χ1n) is 15.1. The van der Waals surface area contributed by atoms with E-state index < -0.39 is 5.97 Å². The van der Waals surface area contributed by atoms with Gasteiger partial charge in [-0.15, -0.1) is 11.3 Å². The highest BCUT2D eigenvalue weighted by molar-refractivity contribution is 7.13. The summed E-state index contributed by atoms with van der Waals surface area (Å²) in [5.41, 5.74) is 4.67. The minimum atomic E-state index is -0.713. The van der Waals surface area contributed by atoms with E-state index in [9.17, 15) is 14.7 Å². The number of carboxylic acid groups (broad SMARTS) is 1. The van der Waals surface area contributed by atoms with Crippen LogP contribution in [0.15, 0.2) is 35.7 Å². The maximum Gasteiger partial charge on any atom is 0.306 e. The van der Waals surface area contributed by atoms with Crippen molar-refractivity contribution in [2.24, 2.45) is 16.8 Å². The molecule has 230 valence electrons. The van der Waals surface area contributed by atoms with Crippen molar-refractivity contribution in [3.05, 3.63) is 57.3 Å². The Bertz CT molecular complexity index is 1480. The second kappa shape index (κ2) is 13.8. The van der Waals surface area contributed by atoms with Crippen molar-refractivity contribution in [2.45, 2.75) is 86.1 Å². The van der Waals surface area contributed by atoms with E-state index in [0.29, 0.717) is 49.1 Å². The molecule has 0 radical (unpaired) electrons. The van der Waals surface area contributed by atoms with Gasteiger partial charge in [0.1, 0.15) is 17.0 Å². The van der Waals surface area contributed by atoms with Crippen LogP contribution in [0.1, 0.15) is 91.7 Å². The van der Waals surface area contributed by atoms with Gasteiger partial charge in [0.25, 0.3) is 5.91 Å². The molecule has 1 fully saturated rings. The number of carbonyl (C=O) groups excluding carboxylic acids is 1. The van der Waals surface area contributed by atoms with Gasteiger partial charge in [-0.2, -0.15) is 0 Å². The zero-order chi connectivity index (χ0) is 31.3. The van der Waals surface area contributed by atoms with E-state index in [1.807, 2.05) is 26.0 Å². The molecule has 1 amide bonds. The van der Waals surface area contributed by atoms with Gasteiger partial charge < -0.3 is 15.3 Å². The molecule has 1 aliphatic heterocycles. The lowest BCUT2D eigenvalue weighted by Gasteiger charge is -2.33. The van der Waals surface area contributed by atoms with Gasteiger partial charge in [0, 0.05) is 42.6 Å². The molecule has 10 heteroatoms. The van der Waals surface area contributed by atoms with Crippen molar-refractivity contribution in [1.29, 1.82) is 0 Å². The van der Waals surface area contributed by atoms with E-state index in [4.69, 9.17) is 4.99 Å². The van der Waals surface area contributed by atoms with E-state index in [-0.39, 0.29) is 17.2 Å². The normalized spacial score (nSPS) is 15.4. The summed E-state index contributed by atoms with van der Waals surface area (Å²) in [6.45, 7) is 16.5. The fourth-order valence-electron chi connectivity index (χ4n) is 5.08. The number of piperidine rings is 1. The van der Waals surface area contributed by atoms with Gasteiger partial charge in [0.15, 0.2) is 5.82 Å². The Morgan fingerprint density at radius 3 is 2.49 bits per heavy atom. The number of aliphatic imine (C=N–C) groups is 1.